The SMILES string of the molecule is CCOc1cccc(C(O)=C2C(=O)C(=O)N(c3nc(C)c(C(=O)OC)s3)C2c2ccc(O)c(OCC)c2)c1. The first-order valence-electron chi connectivity index (χ1n) is 11.8. The number of aliphatic hydroxyl groups excluding tert-OH is 1. The Bertz CT molecular complexity index is 1440. The first-order valence-corrected chi connectivity index (χ1v) is 12.6. The number of hydrogen-bond acceptors (Lipinski definition) is 10. The van der Waals surface area contributed by atoms with Crippen molar-refractivity contribution in [2.24, 2.45) is 0 Å². The van der Waals surface area contributed by atoms with Gasteiger partial charge in [0.15, 0.2) is 16.6 Å². The van der Waals surface area contributed by atoms with Gasteiger partial charge in [-0.2, -0.15) is 0 Å². The van der Waals surface area contributed by atoms with Crippen LogP contribution in [0.4, 0.5) is 5.13 Å². The van der Waals surface area contributed by atoms with Gasteiger partial charge in [-0.1, -0.05) is 29.5 Å². The van der Waals surface area contributed by atoms with Crippen molar-refractivity contribution in [1.82, 2.24) is 4.98 Å². The molecule has 2 aromatic carbocycles. The lowest BCUT2D eigenvalue weighted by atomic mass is 9.95. The van der Waals surface area contributed by atoms with E-state index in [0.717, 1.165) is 16.2 Å². The van der Waals surface area contributed by atoms with Crippen LogP contribution in [0.2, 0.25) is 0 Å². The molecule has 1 unspecified atom stereocenters. The zero-order valence-electron chi connectivity index (χ0n) is 21.2. The average molecular weight is 539 g/mol. The molecule has 2 heterocycles. The van der Waals surface area contributed by atoms with Crippen LogP contribution >= 0.6 is 11.3 Å². The molecule has 1 saturated heterocycles. The van der Waals surface area contributed by atoms with Crippen molar-refractivity contribution in [1.29, 1.82) is 0 Å². The van der Waals surface area contributed by atoms with Crippen LogP contribution in [0.1, 0.15) is 46.4 Å². The summed E-state index contributed by atoms with van der Waals surface area (Å²) < 4.78 is 15.8. The summed E-state index contributed by atoms with van der Waals surface area (Å²) in [5, 5.41) is 21.7. The Morgan fingerprint density at radius 1 is 1.11 bits per heavy atom. The molecule has 0 radical (unpaired) electrons. The number of rotatable bonds is 8. The Balaban J connectivity index is 1.95. The minimum atomic E-state index is -1.14. The minimum Gasteiger partial charge on any atom is -0.507 e. The van der Waals surface area contributed by atoms with E-state index in [1.165, 1.54) is 25.3 Å². The monoisotopic (exact) mass is 538 g/mol. The molecular formula is C27H26N2O8S. The van der Waals surface area contributed by atoms with E-state index in [0.29, 0.717) is 23.6 Å². The molecule has 0 saturated carbocycles. The summed E-state index contributed by atoms with van der Waals surface area (Å²) >= 11 is 0.892. The van der Waals surface area contributed by atoms with E-state index in [1.54, 1.807) is 38.1 Å². The van der Waals surface area contributed by atoms with Crippen molar-refractivity contribution in [2.45, 2.75) is 26.8 Å². The number of phenolic OH excluding ortho intramolecular Hbond substituents is 1. The van der Waals surface area contributed by atoms with E-state index >= 15 is 0 Å². The quantitative estimate of drug-likeness (QED) is 0.185. The van der Waals surface area contributed by atoms with Gasteiger partial charge in [-0.3, -0.25) is 14.5 Å². The number of phenols is 1. The summed E-state index contributed by atoms with van der Waals surface area (Å²) in [6.45, 7) is 5.81. The summed E-state index contributed by atoms with van der Waals surface area (Å²) in [7, 11) is 1.23. The smallest absolute Gasteiger partial charge is 0.350 e. The maximum atomic E-state index is 13.4. The molecule has 1 fully saturated rings. The highest BCUT2D eigenvalue weighted by Gasteiger charge is 2.48. The van der Waals surface area contributed by atoms with E-state index in [1.807, 2.05) is 6.92 Å². The number of nitrogens with zero attached hydrogens (tertiary/aromatic N) is 2. The number of benzene rings is 2. The third-order valence-corrected chi connectivity index (χ3v) is 6.96. The number of carbonyl (C=O) groups is 3. The van der Waals surface area contributed by atoms with E-state index in [9.17, 15) is 24.6 Å². The average Bonchev–Trinajstić information content (AvgIpc) is 3.41. The zero-order valence-corrected chi connectivity index (χ0v) is 22.0. The van der Waals surface area contributed by atoms with E-state index < -0.39 is 29.5 Å². The van der Waals surface area contributed by atoms with Gasteiger partial charge in [0, 0.05) is 5.56 Å². The molecule has 4 rings (SSSR count). The van der Waals surface area contributed by atoms with Crippen LogP contribution in [0.5, 0.6) is 17.2 Å². The third kappa shape index (κ3) is 4.80. The fourth-order valence-corrected chi connectivity index (χ4v) is 5.15. The lowest BCUT2D eigenvalue weighted by Gasteiger charge is -2.23. The van der Waals surface area contributed by atoms with Gasteiger partial charge in [0.1, 0.15) is 16.4 Å². The fraction of sp³-hybridized carbons (Fsp3) is 0.259. The number of thiazole rings is 1. The van der Waals surface area contributed by atoms with Gasteiger partial charge in [-0.05, 0) is 50.6 Å². The van der Waals surface area contributed by atoms with Crippen molar-refractivity contribution in [2.75, 3.05) is 25.2 Å². The van der Waals surface area contributed by atoms with Crippen LogP contribution in [0.15, 0.2) is 48.0 Å². The number of aromatic nitrogens is 1. The highest BCUT2D eigenvalue weighted by atomic mass is 32.1. The Hall–Kier alpha value is -4.38. The van der Waals surface area contributed by atoms with Gasteiger partial charge < -0.3 is 24.4 Å². The Morgan fingerprint density at radius 2 is 1.84 bits per heavy atom. The number of anilines is 1. The molecule has 0 aliphatic carbocycles. The highest BCUT2D eigenvalue weighted by molar-refractivity contribution is 7.17. The second-order valence-corrected chi connectivity index (χ2v) is 9.17. The standard InChI is InChI=1S/C27H26N2O8S/c1-5-36-17-9-7-8-16(12-17)22(31)20-21(15-10-11-18(30)19(13-15)37-6-2)29(25(33)23(20)32)27-28-14(3)24(38-27)26(34)35-4/h7-13,21,30-31H,5-6H2,1-4H3. The van der Waals surface area contributed by atoms with Gasteiger partial charge in [0.05, 0.1) is 37.6 Å². The number of amides is 1. The number of aromatic hydroxyl groups is 1. The maximum Gasteiger partial charge on any atom is 0.350 e. The van der Waals surface area contributed by atoms with Crippen LogP contribution in [0.25, 0.3) is 5.76 Å². The number of aryl methyl sites for hydroxylation is 1. The fourth-order valence-electron chi connectivity index (χ4n) is 4.14. The topological polar surface area (TPSA) is 135 Å². The predicted octanol–water partition coefficient (Wildman–Crippen LogP) is 4.37. The number of hydrogen-bond donors (Lipinski definition) is 2. The number of ketones is 1. The third-order valence-electron chi connectivity index (χ3n) is 5.82. The number of Topliss-reactive ketones (excluding diaryl/α,β-unsaturated/α-hetero) is 1. The van der Waals surface area contributed by atoms with Crippen molar-refractivity contribution < 1.29 is 38.8 Å². The lowest BCUT2D eigenvalue weighted by Crippen LogP contribution is -2.29. The van der Waals surface area contributed by atoms with Gasteiger partial charge in [0.25, 0.3) is 5.78 Å². The van der Waals surface area contributed by atoms with Gasteiger partial charge in [-0.25, -0.2) is 9.78 Å². The summed E-state index contributed by atoms with van der Waals surface area (Å²) in [5.74, 6) is -2.43. The lowest BCUT2D eigenvalue weighted by molar-refractivity contribution is -0.132. The van der Waals surface area contributed by atoms with Crippen LogP contribution in [0.3, 0.4) is 0 Å². The Morgan fingerprint density at radius 3 is 2.53 bits per heavy atom. The first-order chi connectivity index (χ1) is 18.2. The first kappa shape index (κ1) is 26.7. The molecular weight excluding hydrogens is 512 g/mol. The van der Waals surface area contributed by atoms with Crippen molar-refractivity contribution in [3.8, 4) is 17.2 Å². The van der Waals surface area contributed by atoms with E-state index in [2.05, 4.69) is 4.98 Å². The van der Waals surface area contributed by atoms with E-state index in [4.69, 9.17) is 14.2 Å². The highest BCUT2D eigenvalue weighted by Crippen LogP contribution is 2.45. The second kappa shape index (κ2) is 10.9. The summed E-state index contributed by atoms with van der Waals surface area (Å²) in [6.07, 6.45) is 0. The van der Waals surface area contributed by atoms with Crippen molar-refractivity contribution >= 4 is 39.9 Å². The molecule has 1 atom stereocenters. The van der Waals surface area contributed by atoms with Crippen molar-refractivity contribution in [3.63, 3.8) is 0 Å². The molecule has 2 N–H and O–H groups in total. The summed E-state index contributed by atoms with van der Waals surface area (Å²) in [6, 6.07) is 9.77. The Labute approximate surface area is 222 Å². The number of esters is 1. The predicted molar refractivity (Wildman–Crippen MR) is 140 cm³/mol. The Kier molecular flexibility index (Phi) is 7.67. The number of methoxy groups -OCH3 is 1. The molecule has 198 valence electrons. The normalized spacial score (nSPS) is 16.5. The van der Waals surface area contributed by atoms with Crippen molar-refractivity contribution in [3.05, 3.63) is 69.7 Å². The zero-order chi connectivity index (χ0) is 27.6. The van der Waals surface area contributed by atoms with Crippen LogP contribution in [-0.2, 0) is 14.3 Å². The molecule has 1 amide bonds. The molecule has 0 spiro atoms. The van der Waals surface area contributed by atoms with Gasteiger partial charge in [-0.15, -0.1) is 0 Å². The largest absolute Gasteiger partial charge is 0.507 e. The van der Waals surface area contributed by atoms with Crippen LogP contribution in [-0.4, -0.2) is 53.2 Å². The minimum absolute atomic E-state index is 0.0724. The van der Waals surface area contributed by atoms with Crippen LogP contribution < -0.4 is 14.4 Å². The number of aliphatic hydroxyl groups is 1. The van der Waals surface area contributed by atoms with Gasteiger partial charge >= 0.3 is 11.9 Å². The second-order valence-electron chi connectivity index (χ2n) is 8.19. The molecule has 38 heavy (non-hydrogen) atoms. The molecule has 11 heteroatoms. The summed E-state index contributed by atoms with van der Waals surface area (Å²) in [5.41, 5.74) is 0.778. The molecule has 1 aliphatic rings. The summed E-state index contributed by atoms with van der Waals surface area (Å²) in [4.78, 5) is 44.7. The molecule has 1 aromatic heterocycles. The van der Waals surface area contributed by atoms with Crippen LogP contribution in [0, 0.1) is 6.92 Å². The van der Waals surface area contributed by atoms with E-state index in [-0.39, 0.29) is 39.3 Å². The van der Waals surface area contributed by atoms with Gasteiger partial charge in [0.2, 0.25) is 0 Å². The number of carbonyl (C=O) groups excluding carboxylic acids is 3. The molecule has 10 nitrogen and oxygen atoms in total. The molecule has 3 aromatic rings. The maximum absolute atomic E-state index is 13.4. The molecule has 0 bridgehead atoms. The number of ether oxygens (including phenoxy) is 3. The molecule has 1 aliphatic heterocycles.